The number of fused-ring (bicyclic) bond motifs is 1. The Morgan fingerprint density at radius 3 is 3.05 bits per heavy atom. The summed E-state index contributed by atoms with van der Waals surface area (Å²) in [6.07, 6.45) is 2.81. The van der Waals surface area contributed by atoms with Gasteiger partial charge >= 0.3 is 6.03 Å². The van der Waals surface area contributed by atoms with Crippen LogP contribution in [-0.4, -0.2) is 48.1 Å². The SMILES string of the molecule is O=C1NCCN1CCOc1ccc2c(c1)/C(=N\O)CCC2. The number of ether oxygens (including phenoxy) is 1. The number of carbonyl (C=O) groups is 1. The van der Waals surface area contributed by atoms with Crippen molar-refractivity contribution >= 4 is 11.7 Å². The van der Waals surface area contributed by atoms with Gasteiger partial charge in [-0.25, -0.2) is 4.79 Å². The summed E-state index contributed by atoms with van der Waals surface area (Å²) in [5.74, 6) is 0.747. The van der Waals surface area contributed by atoms with Crippen molar-refractivity contribution < 1.29 is 14.7 Å². The van der Waals surface area contributed by atoms with E-state index in [1.165, 1.54) is 5.56 Å². The predicted molar refractivity (Wildman–Crippen MR) is 78.2 cm³/mol. The molecule has 1 fully saturated rings. The van der Waals surface area contributed by atoms with Crippen molar-refractivity contribution in [2.75, 3.05) is 26.2 Å². The summed E-state index contributed by atoms with van der Waals surface area (Å²) in [6, 6.07) is 5.85. The number of benzene rings is 1. The molecule has 0 spiro atoms. The maximum absolute atomic E-state index is 11.4. The molecular formula is C15H19N3O3. The minimum atomic E-state index is -0.0289. The number of amides is 2. The van der Waals surface area contributed by atoms with Crippen LogP contribution < -0.4 is 10.1 Å². The van der Waals surface area contributed by atoms with Crippen molar-refractivity contribution in [1.29, 1.82) is 0 Å². The van der Waals surface area contributed by atoms with Gasteiger partial charge in [0.1, 0.15) is 12.4 Å². The molecule has 0 saturated carbocycles. The molecule has 1 heterocycles. The fourth-order valence-corrected chi connectivity index (χ4v) is 2.81. The van der Waals surface area contributed by atoms with Crippen LogP contribution in [0.15, 0.2) is 23.4 Å². The highest BCUT2D eigenvalue weighted by Crippen LogP contribution is 2.26. The van der Waals surface area contributed by atoms with Crippen molar-refractivity contribution in [1.82, 2.24) is 10.2 Å². The molecule has 0 bridgehead atoms. The molecule has 0 atom stereocenters. The summed E-state index contributed by atoms with van der Waals surface area (Å²) in [6.45, 7) is 2.46. The average Bonchev–Trinajstić information content (AvgIpc) is 2.92. The number of urea groups is 1. The van der Waals surface area contributed by atoms with Crippen molar-refractivity contribution in [2.45, 2.75) is 19.3 Å². The van der Waals surface area contributed by atoms with E-state index in [1.54, 1.807) is 4.90 Å². The normalized spacial score (nSPS) is 19.5. The van der Waals surface area contributed by atoms with E-state index < -0.39 is 0 Å². The smallest absolute Gasteiger partial charge is 0.317 e. The summed E-state index contributed by atoms with van der Waals surface area (Å²) in [7, 11) is 0. The van der Waals surface area contributed by atoms with Gasteiger partial charge in [0.2, 0.25) is 0 Å². The van der Waals surface area contributed by atoms with Crippen LogP contribution in [0.25, 0.3) is 0 Å². The molecule has 21 heavy (non-hydrogen) atoms. The van der Waals surface area contributed by atoms with Gasteiger partial charge in [-0.15, -0.1) is 0 Å². The standard InChI is InChI=1S/C15H19N3O3/c19-15-16-6-7-18(15)8-9-21-12-5-4-11-2-1-3-14(17-20)13(11)10-12/h4-5,10,20H,1-3,6-9H2,(H,16,19)/b17-14-. The molecule has 1 aliphatic heterocycles. The lowest BCUT2D eigenvalue weighted by Gasteiger charge is -2.19. The Kier molecular flexibility index (Phi) is 3.94. The summed E-state index contributed by atoms with van der Waals surface area (Å²) in [5.41, 5.74) is 2.89. The number of nitrogens with one attached hydrogen (secondary N) is 1. The molecule has 0 unspecified atom stereocenters. The van der Waals surface area contributed by atoms with Gasteiger partial charge < -0.3 is 20.2 Å². The molecule has 0 aromatic heterocycles. The second-order valence-electron chi connectivity index (χ2n) is 5.29. The molecule has 6 heteroatoms. The zero-order valence-corrected chi connectivity index (χ0v) is 11.8. The van der Waals surface area contributed by atoms with Gasteiger partial charge in [0.15, 0.2) is 0 Å². The molecule has 1 aromatic carbocycles. The Hall–Kier alpha value is -2.24. The molecule has 6 nitrogen and oxygen atoms in total. The largest absolute Gasteiger partial charge is 0.492 e. The van der Waals surface area contributed by atoms with Gasteiger partial charge in [0.05, 0.1) is 12.3 Å². The van der Waals surface area contributed by atoms with Gasteiger partial charge in [0, 0.05) is 18.7 Å². The fourth-order valence-electron chi connectivity index (χ4n) is 2.81. The molecule has 0 radical (unpaired) electrons. The zero-order valence-electron chi connectivity index (χ0n) is 11.8. The van der Waals surface area contributed by atoms with E-state index in [9.17, 15) is 4.79 Å². The van der Waals surface area contributed by atoms with Crippen LogP contribution in [0.2, 0.25) is 0 Å². The van der Waals surface area contributed by atoms with E-state index in [2.05, 4.69) is 10.5 Å². The number of aryl methyl sites for hydroxylation is 1. The highest BCUT2D eigenvalue weighted by molar-refractivity contribution is 6.02. The number of oxime groups is 1. The topological polar surface area (TPSA) is 74.2 Å². The van der Waals surface area contributed by atoms with E-state index in [-0.39, 0.29) is 6.03 Å². The van der Waals surface area contributed by atoms with Crippen LogP contribution >= 0.6 is 0 Å². The van der Waals surface area contributed by atoms with Crippen LogP contribution in [-0.2, 0) is 6.42 Å². The fraction of sp³-hybridized carbons (Fsp3) is 0.467. The lowest BCUT2D eigenvalue weighted by atomic mass is 9.90. The monoisotopic (exact) mass is 289 g/mol. The molecule has 1 saturated heterocycles. The molecule has 2 N–H and O–H groups in total. The average molecular weight is 289 g/mol. The molecular weight excluding hydrogens is 270 g/mol. The van der Waals surface area contributed by atoms with Gasteiger partial charge in [-0.2, -0.15) is 0 Å². The van der Waals surface area contributed by atoms with E-state index in [0.717, 1.165) is 42.8 Å². The lowest BCUT2D eigenvalue weighted by molar-refractivity contribution is 0.202. The Morgan fingerprint density at radius 2 is 2.29 bits per heavy atom. The third kappa shape index (κ3) is 2.94. The summed E-state index contributed by atoms with van der Waals surface area (Å²) < 4.78 is 5.72. The number of hydrogen-bond donors (Lipinski definition) is 2. The minimum Gasteiger partial charge on any atom is -0.492 e. The molecule has 1 aromatic rings. The number of carbonyl (C=O) groups excluding carboxylic acids is 1. The Bertz CT molecular complexity index is 571. The van der Waals surface area contributed by atoms with Crippen molar-refractivity contribution in [3.05, 3.63) is 29.3 Å². The van der Waals surface area contributed by atoms with E-state index in [0.29, 0.717) is 19.7 Å². The highest BCUT2D eigenvalue weighted by Gasteiger charge is 2.19. The maximum atomic E-state index is 11.4. The number of nitrogens with zero attached hydrogens (tertiary/aromatic N) is 2. The third-order valence-corrected chi connectivity index (χ3v) is 3.95. The van der Waals surface area contributed by atoms with Gasteiger partial charge in [-0.1, -0.05) is 11.2 Å². The Labute approximate surface area is 123 Å². The first-order valence-electron chi connectivity index (χ1n) is 7.28. The first kappa shape index (κ1) is 13.7. The van der Waals surface area contributed by atoms with E-state index >= 15 is 0 Å². The summed E-state index contributed by atoms with van der Waals surface area (Å²) in [5, 5.41) is 15.2. The number of hydrogen-bond acceptors (Lipinski definition) is 4. The quantitative estimate of drug-likeness (QED) is 0.653. The first-order chi connectivity index (χ1) is 10.3. The van der Waals surface area contributed by atoms with Crippen LogP contribution in [0.5, 0.6) is 5.75 Å². The van der Waals surface area contributed by atoms with Crippen molar-refractivity contribution in [2.24, 2.45) is 5.16 Å². The summed E-state index contributed by atoms with van der Waals surface area (Å²) >= 11 is 0. The summed E-state index contributed by atoms with van der Waals surface area (Å²) in [4.78, 5) is 13.1. The second kappa shape index (κ2) is 6.03. The molecule has 1 aliphatic carbocycles. The molecule has 2 aliphatic rings. The van der Waals surface area contributed by atoms with Crippen LogP contribution in [0.3, 0.4) is 0 Å². The van der Waals surface area contributed by atoms with Gasteiger partial charge in [-0.3, -0.25) is 0 Å². The zero-order chi connectivity index (χ0) is 14.7. The molecule has 2 amide bonds. The maximum Gasteiger partial charge on any atom is 0.317 e. The minimum absolute atomic E-state index is 0.0289. The van der Waals surface area contributed by atoms with Crippen LogP contribution in [0, 0.1) is 0 Å². The second-order valence-corrected chi connectivity index (χ2v) is 5.29. The van der Waals surface area contributed by atoms with E-state index in [1.807, 2.05) is 18.2 Å². The van der Waals surface area contributed by atoms with Gasteiger partial charge in [-0.05, 0) is 37.0 Å². The van der Waals surface area contributed by atoms with Crippen molar-refractivity contribution in [3.63, 3.8) is 0 Å². The van der Waals surface area contributed by atoms with Crippen LogP contribution in [0.4, 0.5) is 4.79 Å². The predicted octanol–water partition coefficient (Wildman–Crippen LogP) is 1.61. The number of rotatable bonds is 4. The van der Waals surface area contributed by atoms with E-state index in [4.69, 9.17) is 9.94 Å². The third-order valence-electron chi connectivity index (χ3n) is 3.95. The lowest BCUT2D eigenvalue weighted by Crippen LogP contribution is -2.31. The van der Waals surface area contributed by atoms with Crippen molar-refractivity contribution in [3.8, 4) is 5.75 Å². The first-order valence-corrected chi connectivity index (χ1v) is 7.28. The Balaban J connectivity index is 1.62. The van der Waals surface area contributed by atoms with Gasteiger partial charge in [0.25, 0.3) is 0 Å². The Morgan fingerprint density at radius 1 is 1.38 bits per heavy atom. The van der Waals surface area contributed by atoms with Crippen LogP contribution in [0.1, 0.15) is 24.0 Å². The molecule has 112 valence electrons. The molecule has 3 rings (SSSR count). The highest BCUT2D eigenvalue weighted by atomic mass is 16.5.